The van der Waals surface area contributed by atoms with Crippen molar-refractivity contribution in [2.45, 2.75) is 70.4 Å². The van der Waals surface area contributed by atoms with E-state index in [1.54, 1.807) is 0 Å². The number of rotatable bonds is 8. The second kappa shape index (κ2) is 9.42. The molecule has 1 rings (SSSR count). The average molecular weight is 251 g/mol. The Kier molecular flexibility index (Phi) is 8.13. The Balaban J connectivity index is 2.55. The highest BCUT2D eigenvalue weighted by Gasteiger charge is 2.29. The topological polar surface area (TPSA) is 21.3 Å². The normalized spacial score (nSPS) is 20.3. The first-order valence-electron chi connectivity index (χ1n) is 7.53. The lowest BCUT2D eigenvalue weighted by Gasteiger charge is -2.35. The average Bonchev–Trinajstić information content (AvgIpc) is 2.43. The van der Waals surface area contributed by atoms with Gasteiger partial charge in [-0.2, -0.15) is 0 Å². The van der Waals surface area contributed by atoms with Crippen molar-refractivity contribution in [3.8, 4) is 12.3 Å². The Morgan fingerprint density at radius 2 is 2.06 bits per heavy atom. The van der Waals surface area contributed by atoms with Crippen LogP contribution in [0.25, 0.3) is 0 Å². The molecule has 1 saturated carbocycles. The molecule has 0 spiro atoms. The lowest BCUT2D eigenvalue weighted by Crippen LogP contribution is -2.45. The zero-order chi connectivity index (χ0) is 13.2. The minimum atomic E-state index is 0.338. The third kappa shape index (κ3) is 5.00. The molecule has 2 atom stereocenters. The molecule has 0 aromatic carbocycles. The van der Waals surface area contributed by atoms with Crippen LogP contribution in [0.15, 0.2) is 0 Å². The Bertz CT molecular complexity index is 240. The van der Waals surface area contributed by atoms with E-state index >= 15 is 0 Å². The van der Waals surface area contributed by atoms with Gasteiger partial charge in [-0.25, -0.2) is 0 Å². The van der Waals surface area contributed by atoms with E-state index in [-0.39, 0.29) is 0 Å². The summed E-state index contributed by atoms with van der Waals surface area (Å²) >= 11 is 0. The van der Waals surface area contributed by atoms with Gasteiger partial charge in [-0.15, -0.1) is 12.3 Å². The van der Waals surface area contributed by atoms with Gasteiger partial charge in [-0.3, -0.25) is 0 Å². The summed E-state index contributed by atoms with van der Waals surface area (Å²) in [6.45, 7) is 3.26. The summed E-state index contributed by atoms with van der Waals surface area (Å²) in [7, 11) is 1.86. The highest BCUT2D eigenvalue weighted by Crippen LogP contribution is 2.30. The molecule has 0 radical (unpaired) electrons. The van der Waals surface area contributed by atoms with E-state index < -0.39 is 0 Å². The molecule has 0 heterocycles. The number of methoxy groups -OCH3 is 1. The second-order valence-corrected chi connectivity index (χ2v) is 5.40. The minimum absolute atomic E-state index is 0.338. The predicted octanol–water partition coefficient (Wildman–Crippen LogP) is 3.36. The SMILES string of the molecule is C#CCCC(NCCC)C(OC)C1CCCCC1. The van der Waals surface area contributed by atoms with E-state index in [1.807, 2.05) is 7.11 Å². The van der Waals surface area contributed by atoms with Crippen LogP contribution >= 0.6 is 0 Å². The van der Waals surface area contributed by atoms with Crippen LogP contribution in [0.5, 0.6) is 0 Å². The maximum Gasteiger partial charge on any atom is 0.0752 e. The number of ether oxygens (including phenoxy) is 1. The molecular formula is C16H29NO. The lowest BCUT2D eigenvalue weighted by atomic mass is 9.81. The molecule has 0 aromatic heterocycles. The van der Waals surface area contributed by atoms with Gasteiger partial charge in [0.25, 0.3) is 0 Å². The molecule has 2 nitrogen and oxygen atoms in total. The predicted molar refractivity (Wildman–Crippen MR) is 77.5 cm³/mol. The molecule has 2 unspecified atom stereocenters. The summed E-state index contributed by atoms with van der Waals surface area (Å²) in [6.07, 6.45) is 15.5. The van der Waals surface area contributed by atoms with Crippen molar-refractivity contribution in [1.29, 1.82) is 0 Å². The van der Waals surface area contributed by atoms with Crippen LogP contribution in [0, 0.1) is 18.3 Å². The highest BCUT2D eigenvalue weighted by molar-refractivity contribution is 4.90. The molecule has 0 aromatic rings. The van der Waals surface area contributed by atoms with Gasteiger partial charge in [0, 0.05) is 19.6 Å². The van der Waals surface area contributed by atoms with Crippen LogP contribution in [-0.4, -0.2) is 25.8 Å². The molecule has 0 amide bonds. The van der Waals surface area contributed by atoms with Crippen LogP contribution in [0.4, 0.5) is 0 Å². The minimum Gasteiger partial charge on any atom is -0.380 e. The van der Waals surface area contributed by atoms with Crippen molar-refractivity contribution in [2.24, 2.45) is 5.92 Å². The van der Waals surface area contributed by atoms with E-state index in [4.69, 9.17) is 11.2 Å². The van der Waals surface area contributed by atoms with Crippen LogP contribution in [0.3, 0.4) is 0 Å². The standard InChI is InChI=1S/C16H29NO/c1-4-6-12-15(17-13-5-2)16(18-3)14-10-8-7-9-11-14/h1,14-17H,5-13H2,2-3H3. The van der Waals surface area contributed by atoms with Crippen LogP contribution < -0.4 is 5.32 Å². The first-order chi connectivity index (χ1) is 8.83. The molecule has 1 aliphatic carbocycles. The van der Waals surface area contributed by atoms with Crippen LogP contribution in [0.2, 0.25) is 0 Å². The van der Waals surface area contributed by atoms with Gasteiger partial charge in [0.05, 0.1) is 6.10 Å². The van der Waals surface area contributed by atoms with E-state index in [2.05, 4.69) is 18.2 Å². The van der Waals surface area contributed by atoms with E-state index in [9.17, 15) is 0 Å². The zero-order valence-electron chi connectivity index (χ0n) is 12.1. The molecule has 0 bridgehead atoms. The second-order valence-electron chi connectivity index (χ2n) is 5.40. The highest BCUT2D eigenvalue weighted by atomic mass is 16.5. The fourth-order valence-electron chi connectivity index (χ4n) is 3.10. The quantitative estimate of drug-likeness (QED) is 0.668. The van der Waals surface area contributed by atoms with E-state index in [0.717, 1.165) is 31.7 Å². The Morgan fingerprint density at radius 1 is 1.33 bits per heavy atom. The fourth-order valence-corrected chi connectivity index (χ4v) is 3.10. The summed E-state index contributed by atoms with van der Waals surface area (Å²) in [5, 5.41) is 3.63. The molecule has 0 saturated heterocycles. The molecule has 1 aliphatic rings. The summed E-state index contributed by atoms with van der Waals surface area (Å²) in [5.74, 6) is 3.48. The summed E-state index contributed by atoms with van der Waals surface area (Å²) in [4.78, 5) is 0. The van der Waals surface area contributed by atoms with Gasteiger partial charge in [0.2, 0.25) is 0 Å². The van der Waals surface area contributed by atoms with Gasteiger partial charge in [0.15, 0.2) is 0 Å². The number of hydrogen-bond acceptors (Lipinski definition) is 2. The fraction of sp³-hybridized carbons (Fsp3) is 0.875. The molecule has 1 N–H and O–H groups in total. The molecular weight excluding hydrogens is 222 g/mol. The Hall–Kier alpha value is -0.520. The monoisotopic (exact) mass is 251 g/mol. The molecule has 1 fully saturated rings. The van der Waals surface area contributed by atoms with Crippen LogP contribution in [-0.2, 0) is 4.74 Å². The summed E-state index contributed by atoms with van der Waals surface area (Å²) in [6, 6.07) is 0.425. The lowest BCUT2D eigenvalue weighted by molar-refractivity contribution is 0.00651. The summed E-state index contributed by atoms with van der Waals surface area (Å²) < 4.78 is 5.81. The van der Waals surface area contributed by atoms with Gasteiger partial charge in [0.1, 0.15) is 0 Å². The first kappa shape index (κ1) is 15.5. The Labute approximate surface area is 113 Å². The maximum absolute atomic E-state index is 5.81. The van der Waals surface area contributed by atoms with Crippen molar-refractivity contribution < 1.29 is 4.74 Å². The van der Waals surface area contributed by atoms with Crippen molar-refractivity contribution >= 4 is 0 Å². The molecule has 0 aliphatic heterocycles. The van der Waals surface area contributed by atoms with Gasteiger partial charge in [-0.1, -0.05) is 26.2 Å². The van der Waals surface area contributed by atoms with Crippen molar-refractivity contribution in [2.75, 3.05) is 13.7 Å². The van der Waals surface area contributed by atoms with Crippen molar-refractivity contribution in [1.82, 2.24) is 5.32 Å². The zero-order valence-corrected chi connectivity index (χ0v) is 12.1. The summed E-state index contributed by atoms with van der Waals surface area (Å²) in [5.41, 5.74) is 0. The smallest absolute Gasteiger partial charge is 0.0752 e. The first-order valence-corrected chi connectivity index (χ1v) is 7.53. The Morgan fingerprint density at radius 3 is 2.61 bits per heavy atom. The number of terminal acetylenes is 1. The number of nitrogens with one attached hydrogen (secondary N) is 1. The van der Waals surface area contributed by atoms with E-state index in [0.29, 0.717) is 12.1 Å². The van der Waals surface area contributed by atoms with Crippen LogP contribution in [0.1, 0.15) is 58.3 Å². The van der Waals surface area contributed by atoms with Gasteiger partial charge in [-0.05, 0) is 38.1 Å². The third-order valence-electron chi connectivity index (χ3n) is 4.04. The van der Waals surface area contributed by atoms with Crippen molar-refractivity contribution in [3.63, 3.8) is 0 Å². The number of hydrogen-bond donors (Lipinski definition) is 1. The molecule has 18 heavy (non-hydrogen) atoms. The maximum atomic E-state index is 5.81. The molecule has 2 heteroatoms. The van der Waals surface area contributed by atoms with Gasteiger partial charge >= 0.3 is 0 Å². The molecule has 104 valence electrons. The van der Waals surface area contributed by atoms with E-state index in [1.165, 1.54) is 32.1 Å². The van der Waals surface area contributed by atoms with Crippen molar-refractivity contribution in [3.05, 3.63) is 0 Å². The van der Waals surface area contributed by atoms with Gasteiger partial charge < -0.3 is 10.1 Å². The third-order valence-corrected chi connectivity index (χ3v) is 4.04. The largest absolute Gasteiger partial charge is 0.380 e.